The molecule has 0 aromatic carbocycles. The van der Waals surface area contributed by atoms with Crippen LogP contribution in [0.25, 0.3) is 10.2 Å². The maximum Gasteiger partial charge on any atom is 0.263 e. The van der Waals surface area contributed by atoms with Crippen molar-refractivity contribution in [3.8, 4) is 0 Å². The summed E-state index contributed by atoms with van der Waals surface area (Å²) in [4.78, 5) is 19.5. The van der Waals surface area contributed by atoms with Crippen LogP contribution in [0, 0.1) is 13.8 Å². The molecule has 0 aliphatic carbocycles. The highest BCUT2D eigenvalue weighted by atomic mass is 32.2. The highest BCUT2D eigenvalue weighted by Crippen LogP contribution is 2.29. The third-order valence-electron chi connectivity index (χ3n) is 3.38. The normalized spacial score (nSPS) is 11.7. The van der Waals surface area contributed by atoms with E-state index in [1.54, 1.807) is 27.7 Å². The molecule has 0 aliphatic rings. The van der Waals surface area contributed by atoms with Gasteiger partial charge in [-0.15, -0.1) is 11.3 Å². The molecule has 21 heavy (non-hydrogen) atoms. The predicted octanol–water partition coefficient (Wildman–Crippen LogP) is 3.78. The standard InChI is InChI=1S/C15H22N2O2S2/c1-6-19-7-8-20-15-16-13-12(10(4)11(5)21-13)14(18)17(15)9(2)3/h9H,6-8H2,1-5H3. The molecule has 0 aliphatic heterocycles. The van der Waals surface area contributed by atoms with E-state index < -0.39 is 0 Å². The molecule has 0 saturated carbocycles. The van der Waals surface area contributed by atoms with E-state index >= 15 is 0 Å². The molecular weight excluding hydrogens is 304 g/mol. The summed E-state index contributed by atoms with van der Waals surface area (Å²) >= 11 is 3.20. The van der Waals surface area contributed by atoms with Crippen LogP contribution in [0.1, 0.15) is 37.3 Å². The summed E-state index contributed by atoms with van der Waals surface area (Å²) in [5, 5.41) is 1.57. The highest BCUT2D eigenvalue weighted by molar-refractivity contribution is 7.99. The van der Waals surface area contributed by atoms with Crippen molar-refractivity contribution in [1.82, 2.24) is 9.55 Å². The number of rotatable bonds is 6. The molecule has 2 aromatic rings. The van der Waals surface area contributed by atoms with Gasteiger partial charge in [-0.3, -0.25) is 9.36 Å². The van der Waals surface area contributed by atoms with Crippen LogP contribution in [-0.4, -0.2) is 28.5 Å². The topological polar surface area (TPSA) is 44.1 Å². The largest absolute Gasteiger partial charge is 0.381 e. The zero-order chi connectivity index (χ0) is 15.6. The first-order valence-corrected chi connectivity index (χ1v) is 9.00. The van der Waals surface area contributed by atoms with Gasteiger partial charge in [0, 0.05) is 23.3 Å². The fraction of sp³-hybridized carbons (Fsp3) is 0.600. The van der Waals surface area contributed by atoms with Crippen LogP contribution in [0.4, 0.5) is 0 Å². The van der Waals surface area contributed by atoms with Gasteiger partial charge in [0.2, 0.25) is 0 Å². The van der Waals surface area contributed by atoms with E-state index in [0.717, 1.165) is 26.7 Å². The van der Waals surface area contributed by atoms with Gasteiger partial charge in [-0.25, -0.2) is 4.98 Å². The van der Waals surface area contributed by atoms with Gasteiger partial charge in [0.25, 0.3) is 5.56 Å². The molecule has 0 amide bonds. The first kappa shape index (κ1) is 16.5. The summed E-state index contributed by atoms with van der Waals surface area (Å²) in [7, 11) is 0. The molecule has 0 atom stereocenters. The van der Waals surface area contributed by atoms with E-state index in [0.29, 0.717) is 13.2 Å². The van der Waals surface area contributed by atoms with Crippen LogP contribution >= 0.6 is 23.1 Å². The van der Waals surface area contributed by atoms with Crippen molar-refractivity contribution in [3.63, 3.8) is 0 Å². The average molecular weight is 326 g/mol. The Hall–Kier alpha value is -0.850. The maximum atomic E-state index is 12.8. The zero-order valence-electron chi connectivity index (χ0n) is 13.2. The number of fused-ring (bicyclic) bond motifs is 1. The first-order valence-electron chi connectivity index (χ1n) is 7.20. The number of nitrogens with zero attached hydrogens (tertiary/aromatic N) is 2. The van der Waals surface area contributed by atoms with Crippen molar-refractivity contribution in [2.45, 2.75) is 45.8 Å². The monoisotopic (exact) mass is 326 g/mol. The maximum absolute atomic E-state index is 12.8. The molecule has 0 radical (unpaired) electrons. The van der Waals surface area contributed by atoms with Gasteiger partial charge in [0.1, 0.15) is 4.83 Å². The first-order chi connectivity index (χ1) is 9.97. The lowest BCUT2D eigenvalue weighted by Gasteiger charge is -2.15. The molecule has 0 N–H and O–H groups in total. The third-order valence-corrected chi connectivity index (χ3v) is 5.40. The number of thioether (sulfide) groups is 1. The van der Waals surface area contributed by atoms with Gasteiger partial charge in [-0.2, -0.15) is 0 Å². The fourth-order valence-corrected chi connectivity index (χ4v) is 4.23. The molecule has 0 fully saturated rings. The lowest BCUT2D eigenvalue weighted by Crippen LogP contribution is -2.25. The number of hydrogen-bond donors (Lipinski definition) is 0. The van der Waals surface area contributed by atoms with Crippen molar-refractivity contribution in [2.24, 2.45) is 0 Å². The van der Waals surface area contributed by atoms with Crippen molar-refractivity contribution >= 4 is 33.3 Å². The minimum atomic E-state index is 0.0794. The summed E-state index contributed by atoms with van der Waals surface area (Å²) in [6.07, 6.45) is 0. The van der Waals surface area contributed by atoms with Crippen LogP contribution in [0.5, 0.6) is 0 Å². The quantitative estimate of drug-likeness (QED) is 0.460. The average Bonchev–Trinajstić information content (AvgIpc) is 2.70. The molecule has 6 heteroatoms. The third kappa shape index (κ3) is 3.33. The van der Waals surface area contributed by atoms with Crippen molar-refractivity contribution in [3.05, 3.63) is 20.8 Å². The summed E-state index contributed by atoms with van der Waals surface area (Å²) in [5.74, 6) is 0.807. The molecular formula is C15H22N2O2S2. The van der Waals surface area contributed by atoms with E-state index in [4.69, 9.17) is 9.72 Å². The summed E-state index contributed by atoms with van der Waals surface area (Å²) in [5.41, 5.74) is 1.14. The van der Waals surface area contributed by atoms with E-state index in [1.165, 1.54) is 4.88 Å². The van der Waals surface area contributed by atoms with Crippen LogP contribution < -0.4 is 5.56 Å². The van der Waals surface area contributed by atoms with Gasteiger partial charge in [-0.1, -0.05) is 11.8 Å². The van der Waals surface area contributed by atoms with Gasteiger partial charge in [0.05, 0.1) is 12.0 Å². The van der Waals surface area contributed by atoms with Gasteiger partial charge in [0.15, 0.2) is 5.16 Å². The SMILES string of the molecule is CCOCCSc1nc2sc(C)c(C)c2c(=O)n1C(C)C. The number of hydrogen-bond acceptors (Lipinski definition) is 5. The Balaban J connectivity index is 2.48. The Labute approximate surface area is 133 Å². The minimum absolute atomic E-state index is 0.0794. The van der Waals surface area contributed by atoms with E-state index in [-0.39, 0.29) is 11.6 Å². The van der Waals surface area contributed by atoms with Gasteiger partial charge >= 0.3 is 0 Å². The second-order valence-corrected chi connectivity index (χ2v) is 7.44. The van der Waals surface area contributed by atoms with Crippen LogP contribution in [0.2, 0.25) is 0 Å². The second-order valence-electron chi connectivity index (χ2n) is 5.17. The summed E-state index contributed by atoms with van der Waals surface area (Å²) < 4.78 is 7.17. The Morgan fingerprint density at radius 2 is 2.10 bits per heavy atom. The Bertz CT molecular complexity index is 689. The van der Waals surface area contributed by atoms with Crippen molar-refractivity contribution in [2.75, 3.05) is 19.0 Å². The molecule has 0 saturated heterocycles. The highest BCUT2D eigenvalue weighted by Gasteiger charge is 2.18. The van der Waals surface area contributed by atoms with Gasteiger partial charge in [-0.05, 0) is 40.2 Å². The summed E-state index contributed by atoms with van der Waals surface area (Å²) in [6, 6.07) is 0.101. The predicted molar refractivity (Wildman–Crippen MR) is 91.0 cm³/mol. The number of aromatic nitrogens is 2. The molecule has 4 nitrogen and oxygen atoms in total. The van der Waals surface area contributed by atoms with Crippen molar-refractivity contribution in [1.29, 1.82) is 0 Å². The molecule has 2 heterocycles. The Morgan fingerprint density at radius 3 is 2.71 bits per heavy atom. The van der Waals surface area contributed by atoms with Crippen molar-refractivity contribution < 1.29 is 4.74 Å². The molecule has 116 valence electrons. The van der Waals surface area contributed by atoms with E-state index in [2.05, 4.69) is 0 Å². The summed E-state index contributed by atoms with van der Waals surface area (Å²) in [6.45, 7) is 11.5. The Kier molecular flexibility index (Phi) is 5.46. The number of aryl methyl sites for hydroxylation is 2. The molecule has 2 rings (SSSR count). The van der Waals surface area contributed by atoms with Crippen LogP contribution in [0.15, 0.2) is 9.95 Å². The smallest absolute Gasteiger partial charge is 0.263 e. The second kappa shape index (κ2) is 6.94. The fourth-order valence-electron chi connectivity index (χ4n) is 2.18. The van der Waals surface area contributed by atoms with Gasteiger partial charge < -0.3 is 4.74 Å². The lowest BCUT2D eigenvalue weighted by molar-refractivity contribution is 0.164. The number of thiophene rings is 1. The minimum Gasteiger partial charge on any atom is -0.381 e. The molecule has 0 bridgehead atoms. The van der Waals surface area contributed by atoms with Crippen LogP contribution in [0.3, 0.4) is 0 Å². The lowest BCUT2D eigenvalue weighted by atomic mass is 10.2. The Morgan fingerprint density at radius 1 is 1.38 bits per heavy atom. The molecule has 2 aromatic heterocycles. The zero-order valence-corrected chi connectivity index (χ0v) is 14.9. The molecule has 0 unspecified atom stereocenters. The van der Waals surface area contributed by atoms with E-state index in [9.17, 15) is 4.79 Å². The van der Waals surface area contributed by atoms with Crippen LogP contribution in [-0.2, 0) is 4.74 Å². The molecule has 0 spiro atoms. The van der Waals surface area contributed by atoms with E-state index in [1.807, 2.05) is 34.6 Å². The number of ether oxygens (including phenoxy) is 1.